The third kappa shape index (κ3) is 5.07. The topological polar surface area (TPSA) is 79.7 Å². The van der Waals surface area contributed by atoms with Crippen LogP contribution in [0, 0.1) is 13.8 Å². The van der Waals surface area contributed by atoms with Crippen molar-refractivity contribution in [3.05, 3.63) is 53.7 Å². The average Bonchev–Trinajstić information content (AvgIpc) is 2.73. The van der Waals surface area contributed by atoms with Gasteiger partial charge in [0.25, 0.3) is 0 Å². The van der Waals surface area contributed by atoms with Crippen molar-refractivity contribution < 1.29 is 13.2 Å². The molecule has 4 heterocycles. The molecule has 1 aliphatic rings. The lowest BCUT2D eigenvalue weighted by molar-refractivity contribution is -0.141. The smallest absolute Gasteiger partial charge is 0.367 e. The van der Waals surface area contributed by atoms with Gasteiger partial charge in [-0.25, -0.2) is 19.9 Å². The minimum absolute atomic E-state index is 0.00662. The van der Waals surface area contributed by atoms with Crippen LogP contribution in [0.15, 0.2) is 36.5 Å². The second kappa shape index (κ2) is 8.44. The van der Waals surface area contributed by atoms with E-state index in [9.17, 15) is 13.2 Å². The van der Waals surface area contributed by atoms with Crippen molar-refractivity contribution >= 4 is 11.6 Å². The van der Waals surface area contributed by atoms with Crippen molar-refractivity contribution in [3.8, 4) is 11.5 Å². The molecule has 1 N–H and O–H groups in total. The van der Waals surface area contributed by atoms with Gasteiger partial charge in [-0.1, -0.05) is 6.07 Å². The summed E-state index contributed by atoms with van der Waals surface area (Å²) in [6, 6.07) is 7.85. The molecule has 3 aromatic rings. The SMILES string of the molecule is Cc1cc(N2CCC(Nc3cc(C(F)(F)F)nc(-c4ccccn4)n3)CC2)nc(C)n1. The van der Waals surface area contributed by atoms with Gasteiger partial charge in [0.2, 0.25) is 0 Å². The lowest BCUT2D eigenvalue weighted by atomic mass is 10.0. The predicted molar refractivity (Wildman–Crippen MR) is 111 cm³/mol. The third-order valence-corrected chi connectivity index (χ3v) is 5.03. The molecule has 3 aromatic heterocycles. The number of rotatable bonds is 4. The van der Waals surface area contributed by atoms with Crippen LogP contribution < -0.4 is 10.2 Å². The summed E-state index contributed by atoms with van der Waals surface area (Å²) in [7, 11) is 0. The molecule has 10 heteroatoms. The predicted octanol–water partition coefficient (Wildman–Crippen LogP) is 4.05. The molecule has 1 aliphatic heterocycles. The Hall–Kier alpha value is -3.30. The molecule has 0 aromatic carbocycles. The summed E-state index contributed by atoms with van der Waals surface area (Å²) in [5.74, 6) is 1.69. The molecule has 0 amide bonds. The summed E-state index contributed by atoms with van der Waals surface area (Å²) in [6.07, 6.45) is -1.59. The molecule has 0 atom stereocenters. The summed E-state index contributed by atoms with van der Waals surface area (Å²) >= 11 is 0. The van der Waals surface area contributed by atoms with E-state index in [4.69, 9.17) is 0 Å². The number of hydrogen-bond donors (Lipinski definition) is 1. The summed E-state index contributed by atoms with van der Waals surface area (Å²) in [6.45, 7) is 5.26. The fourth-order valence-corrected chi connectivity index (χ4v) is 3.60. The van der Waals surface area contributed by atoms with Crippen molar-refractivity contribution in [2.75, 3.05) is 23.3 Å². The van der Waals surface area contributed by atoms with Gasteiger partial charge >= 0.3 is 6.18 Å². The Morgan fingerprint density at radius 3 is 2.42 bits per heavy atom. The number of nitrogens with one attached hydrogen (secondary N) is 1. The maximum absolute atomic E-state index is 13.4. The van der Waals surface area contributed by atoms with Crippen molar-refractivity contribution in [2.45, 2.75) is 38.9 Å². The number of piperidine rings is 1. The zero-order valence-corrected chi connectivity index (χ0v) is 17.2. The van der Waals surface area contributed by atoms with E-state index in [2.05, 4.69) is 35.1 Å². The Morgan fingerprint density at radius 2 is 1.77 bits per heavy atom. The number of alkyl halides is 3. The normalized spacial score (nSPS) is 15.2. The maximum Gasteiger partial charge on any atom is 0.433 e. The maximum atomic E-state index is 13.4. The van der Waals surface area contributed by atoms with Gasteiger partial charge in [0.05, 0.1) is 0 Å². The molecule has 1 fully saturated rings. The summed E-state index contributed by atoms with van der Waals surface area (Å²) in [5.41, 5.74) is 0.210. The van der Waals surface area contributed by atoms with Gasteiger partial charge in [-0.2, -0.15) is 13.2 Å². The summed E-state index contributed by atoms with van der Waals surface area (Å²) in [5, 5.41) is 3.16. The quantitative estimate of drug-likeness (QED) is 0.670. The molecule has 0 radical (unpaired) electrons. The van der Waals surface area contributed by atoms with Gasteiger partial charge in [0, 0.05) is 43.2 Å². The first-order chi connectivity index (χ1) is 14.8. The standard InChI is InChI=1S/C21H22F3N7/c1-13-11-19(27-14(2)26-13)31-9-6-15(7-10-31)28-18-12-17(21(22,23)24)29-20(30-18)16-5-3-4-8-25-16/h3-5,8,11-12,15H,6-7,9-10H2,1-2H3,(H,28,29,30). The minimum atomic E-state index is -4.57. The Labute approximate surface area is 177 Å². The van der Waals surface area contributed by atoms with Crippen LogP contribution in [-0.2, 0) is 6.18 Å². The lowest BCUT2D eigenvalue weighted by Gasteiger charge is -2.33. The molecule has 0 unspecified atom stereocenters. The number of aromatic nitrogens is 5. The Kier molecular flexibility index (Phi) is 5.71. The highest BCUT2D eigenvalue weighted by molar-refractivity contribution is 5.53. The van der Waals surface area contributed by atoms with Crippen molar-refractivity contribution in [2.24, 2.45) is 0 Å². The van der Waals surface area contributed by atoms with Crippen molar-refractivity contribution in [3.63, 3.8) is 0 Å². The zero-order chi connectivity index (χ0) is 22.0. The molecular weight excluding hydrogens is 407 g/mol. The van der Waals surface area contributed by atoms with Crippen molar-refractivity contribution in [1.82, 2.24) is 24.9 Å². The van der Waals surface area contributed by atoms with E-state index in [0.29, 0.717) is 5.69 Å². The van der Waals surface area contributed by atoms with Gasteiger partial charge in [-0.05, 0) is 38.8 Å². The highest BCUT2D eigenvalue weighted by atomic mass is 19.4. The van der Waals surface area contributed by atoms with Gasteiger partial charge in [-0.15, -0.1) is 0 Å². The molecular formula is C21H22F3N7. The number of pyridine rings is 1. The largest absolute Gasteiger partial charge is 0.433 e. The average molecular weight is 429 g/mol. The molecule has 0 spiro atoms. The second-order valence-electron chi connectivity index (χ2n) is 7.50. The van der Waals surface area contributed by atoms with E-state index < -0.39 is 11.9 Å². The fourth-order valence-electron chi connectivity index (χ4n) is 3.60. The van der Waals surface area contributed by atoms with Crippen molar-refractivity contribution in [1.29, 1.82) is 0 Å². The van der Waals surface area contributed by atoms with Crippen LogP contribution in [0.2, 0.25) is 0 Å². The van der Waals surface area contributed by atoms with Gasteiger partial charge in [0.15, 0.2) is 11.5 Å². The molecule has 1 saturated heterocycles. The number of halogens is 3. The van der Waals surface area contributed by atoms with E-state index >= 15 is 0 Å². The number of anilines is 2. The van der Waals surface area contributed by atoms with E-state index in [1.54, 1.807) is 18.2 Å². The van der Waals surface area contributed by atoms with Crippen LogP contribution in [0.3, 0.4) is 0 Å². The van der Waals surface area contributed by atoms with Gasteiger partial charge < -0.3 is 10.2 Å². The Morgan fingerprint density at radius 1 is 1.00 bits per heavy atom. The summed E-state index contributed by atoms with van der Waals surface area (Å²) < 4.78 is 40.2. The van der Waals surface area contributed by atoms with Gasteiger partial charge in [-0.3, -0.25) is 4.98 Å². The molecule has 7 nitrogen and oxygen atoms in total. The highest BCUT2D eigenvalue weighted by Gasteiger charge is 2.34. The molecule has 0 saturated carbocycles. The monoisotopic (exact) mass is 429 g/mol. The molecule has 4 rings (SSSR count). The van der Waals surface area contributed by atoms with E-state index in [1.807, 2.05) is 19.9 Å². The van der Waals surface area contributed by atoms with Gasteiger partial charge in [0.1, 0.15) is 23.2 Å². The van der Waals surface area contributed by atoms with Crippen LogP contribution in [0.25, 0.3) is 11.5 Å². The molecule has 0 bridgehead atoms. The number of hydrogen-bond acceptors (Lipinski definition) is 7. The Bertz CT molecular complexity index is 1030. The van der Waals surface area contributed by atoms with Crippen LogP contribution in [-0.4, -0.2) is 44.1 Å². The fraction of sp³-hybridized carbons (Fsp3) is 0.381. The number of nitrogens with zero attached hydrogens (tertiary/aromatic N) is 6. The minimum Gasteiger partial charge on any atom is -0.367 e. The van der Waals surface area contributed by atoms with E-state index in [0.717, 1.165) is 49.3 Å². The third-order valence-electron chi connectivity index (χ3n) is 5.03. The van der Waals surface area contributed by atoms with E-state index in [-0.39, 0.29) is 17.7 Å². The first-order valence-corrected chi connectivity index (χ1v) is 9.99. The van der Waals surface area contributed by atoms with Crippen LogP contribution in [0.1, 0.15) is 30.1 Å². The first-order valence-electron chi connectivity index (χ1n) is 9.99. The summed E-state index contributed by atoms with van der Waals surface area (Å²) in [4.78, 5) is 23.0. The van der Waals surface area contributed by atoms with Crippen LogP contribution in [0.4, 0.5) is 24.8 Å². The van der Waals surface area contributed by atoms with Crippen LogP contribution in [0.5, 0.6) is 0 Å². The second-order valence-corrected chi connectivity index (χ2v) is 7.50. The Balaban J connectivity index is 1.50. The first kappa shape index (κ1) is 21.0. The number of aryl methyl sites for hydroxylation is 2. The molecule has 162 valence electrons. The van der Waals surface area contributed by atoms with E-state index in [1.165, 1.54) is 6.20 Å². The van der Waals surface area contributed by atoms with Crippen LogP contribution >= 0.6 is 0 Å². The molecule has 0 aliphatic carbocycles. The lowest BCUT2D eigenvalue weighted by Crippen LogP contribution is -2.39. The zero-order valence-electron chi connectivity index (χ0n) is 17.2. The molecule has 31 heavy (non-hydrogen) atoms. The highest BCUT2D eigenvalue weighted by Crippen LogP contribution is 2.31.